The Morgan fingerprint density at radius 3 is 3.12 bits per heavy atom. The number of aliphatic hydroxyl groups excluding tert-OH is 1. The predicted molar refractivity (Wildman–Crippen MR) is 60.1 cm³/mol. The highest BCUT2D eigenvalue weighted by Crippen LogP contribution is 2.14. The van der Waals surface area contributed by atoms with E-state index in [9.17, 15) is 9.90 Å². The molecule has 0 spiro atoms. The summed E-state index contributed by atoms with van der Waals surface area (Å²) < 4.78 is 0. The van der Waals surface area contributed by atoms with Crippen LogP contribution in [0.5, 0.6) is 0 Å². The molecule has 1 saturated heterocycles. The Bertz CT molecular complexity index is 392. The van der Waals surface area contributed by atoms with Gasteiger partial charge in [-0.05, 0) is 31.4 Å². The first-order valence-electron chi connectivity index (χ1n) is 5.57. The Morgan fingerprint density at radius 1 is 1.62 bits per heavy atom. The fraction of sp³-hybridized carbons (Fsp3) is 0.500. The van der Waals surface area contributed by atoms with Crippen LogP contribution in [0, 0.1) is 6.92 Å². The first-order chi connectivity index (χ1) is 7.68. The molecule has 1 N–H and O–H groups in total. The predicted octanol–water partition coefficient (Wildman–Crippen LogP) is 0.987. The lowest BCUT2D eigenvalue weighted by atomic mass is 10.1. The molecule has 0 radical (unpaired) electrons. The SMILES string of the molecule is Cc1cccnc1C(=O)N1CCCC(O)C1. The normalized spacial score (nSPS) is 20.9. The summed E-state index contributed by atoms with van der Waals surface area (Å²) in [5, 5.41) is 9.53. The van der Waals surface area contributed by atoms with Gasteiger partial charge in [0.05, 0.1) is 6.10 Å². The van der Waals surface area contributed by atoms with Crippen LogP contribution in [0.3, 0.4) is 0 Å². The molecule has 16 heavy (non-hydrogen) atoms. The number of carbonyl (C=O) groups is 1. The summed E-state index contributed by atoms with van der Waals surface area (Å²) in [7, 11) is 0. The van der Waals surface area contributed by atoms with Crippen LogP contribution in [0.4, 0.5) is 0 Å². The second-order valence-corrected chi connectivity index (χ2v) is 4.22. The molecule has 2 rings (SSSR count). The number of amides is 1. The van der Waals surface area contributed by atoms with Crippen LogP contribution in [-0.4, -0.2) is 40.1 Å². The van der Waals surface area contributed by atoms with E-state index < -0.39 is 0 Å². The highest BCUT2D eigenvalue weighted by molar-refractivity contribution is 5.93. The lowest BCUT2D eigenvalue weighted by molar-refractivity contribution is 0.0468. The number of hydrogen-bond donors (Lipinski definition) is 1. The van der Waals surface area contributed by atoms with Gasteiger partial charge in [0.15, 0.2) is 0 Å². The highest BCUT2D eigenvalue weighted by atomic mass is 16.3. The second kappa shape index (κ2) is 4.61. The molecule has 2 heterocycles. The molecule has 1 aromatic heterocycles. The van der Waals surface area contributed by atoms with Crippen LogP contribution in [0.1, 0.15) is 28.9 Å². The molecule has 0 aliphatic carbocycles. The maximum absolute atomic E-state index is 12.1. The molecule has 0 aromatic carbocycles. The smallest absolute Gasteiger partial charge is 0.272 e. The number of nitrogens with zero attached hydrogens (tertiary/aromatic N) is 2. The maximum atomic E-state index is 12.1. The average Bonchev–Trinajstić information content (AvgIpc) is 2.29. The fourth-order valence-electron chi connectivity index (χ4n) is 2.00. The maximum Gasteiger partial charge on any atom is 0.272 e. The molecule has 1 amide bonds. The van der Waals surface area contributed by atoms with Crippen molar-refractivity contribution in [1.82, 2.24) is 9.88 Å². The minimum absolute atomic E-state index is 0.0724. The monoisotopic (exact) mass is 220 g/mol. The summed E-state index contributed by atoms with van der Waals surface area (Å²) in [6.07, 6.45) is 2.88. The van der Waals surface area contributed by atoms with Crippen molar-refractivity contribution in [2.75, 3.05) is 13.1 Å². The van der Waals surface area contributed by atoms with E-state index in [1.165, 1.54) is 0 Å². The molecule has 1 unspecified atom stereocenters. The van der Waals surface area contributed by atoms with E-state index in [0.717, 1.165) is 18.4 Å². The van der Waals surface area contributed by atoms with Crippen LogP contribution in [0.2, 0.25) is 0 Å². The number of hydrogen-bond acceptors (Lipinski definition) is 3. The second-order valence-electron chi connectivity index (χ2n) is 4.22. The standard InChI is InChI=1S/C12H16N2O2/c1-9-4-2-6-13-11(9)12(16)14-7-3-5-10(15)8-14/h2,4,6,10,15H,3,5,7-8H2,1H3. The van der Waals surface area contributed by atoms with Gasteiger partial charge in [-0.3, -0.25) is 9.78 Å². The zero-order chi connectivity index (χ0) is 11.5. The molecule has 4 nitrogen and oxygen atoms in total. The number of likely N-dealkylation sites (tertiary alicyclic amines) is 1. The minimum Gasteiger partial charge on any atom is -0.391 e. The Hall–Kier alpha value is -1.42. The molecule has 1 aliphatic rings. The van der Waals surface area contributed by atoms with Crippen molar-refractivity contribution < 1.29 is 9.90 Å². The van der Waals surface area contributed by atoms with Gasteiger partial charge in [-0.1, -0.05) is 6.07 Å². The van der Waals surface area contributed by atoms with Gasteiger partial charge >= 0.3 is 0 Å². The van der Waals surface area contributed by atoms with Crippen molar-refractivity contribution >= 4 is 5.91 Å². The van der Waals surface area contributed by atoms with E-state index in [1.807, 2.05) is 19.1 Å². The van der Waals surface area contributed by atoms with Gasteiger partial charge in [-0.15, -0.1) is 0 Å². The molecule has 1 aromatic rings. The third-order valence-electron chi connectivity index (χ3n) is 2.90. The van der Waals surface area contributed by atoms with Gasteiger partial charge in [-0.25, -0.2) is 0 Å². The number of aryl methyl sites for hydroxylation is 1. The quantitative estimate of drug-likeness (QED) is 0.767. The Labute approximate surface area is 94.9 Å². The van der Waals surface area contributed by atoms with Crippen molar-refractivity contribution in [3.05, 3.63) is 29.6 Å². The third kappa shape index (κ3) is 2.22. The largest absolute Gasteiger partial charge is 0.391 e. The average molecular weight is 220 g/mol. The Kier molecular flexibility index (Phi) is 3.19. The number of pyridine rings is 1. The number of carbonyl (C=O) groups excluding carboxylic acids is 1. The highest BCUT2D eigenvalue weighted by Gasteiger charge is 2.24. The van der Waals surface area contributed by atoms with Gasteiger partial charge in [-0.2, -0.15) is 0 Å². The van der Waals surface area contributed by atoms with Crippen LogP contribution >= 0.6 is 0 Å². The number of piperidine rings is 1. The van der Waals surface area contributed by atoms with Crippen LogP contribution in [0.25, 0.3) is 0 Å². The van der Waals surface area contributed by atoms with Crippen molar-refractivity contribution in [1.29, 1.82) is 0 Å². The molecule has 4 heteroatoms. The van der Waals surface area contributed by atoms with Gasteiger partial charge in [0, 0.05) is 19.3 Å². The molecule has 1 fully saturated rings. The van der Waals surface area contributed by atoms with E-state index in [-0.39, 0.29) is 12.0 Å². The van der Waals surface area contributed by atoms with Gasteiger partial charge in [0.2, 0.25) is 0 Å². The zero-order valence-electron chi connectivity index (χ0n) is 9.39. The lowest BCUT2D eigenvalue weighted by Gasteiger charge is -2.30. The molecular formula is C12H16N2O2. The summed E-state index contributed by atoms with van der Waals surface area (Å²) in [4.78, 5) is 17.9. The molecule has 1 atom stereocenters. The topological polar surface area (TPSA) is 53.4 Å². The van der Waals surface area contributed by atoms with Crippen molar-refractivity contribution in [2.24, 2.45) is 0 Å². The zero-order valence-corrected chi connectivity index (χ0v) is 9.39. The summed E-state index contributed by atoms with van der Waals surface area (Å²) in [5.41, 5.74) is 1.38. The van der Waals surface area contributed by atoms with Gasteiger partial charge in [0.25, 0.3) is 5.91 Å². The summed E-state index contributed by atoms with van der Waals surface area (Å²) in [6, 6.07) is 3.69. The van der Waals surface area contributed by atoms with E-state index in [1.54, 1.807) is 11.1 Å². The third-order valence-corrected chi connectivity index (χ3v) is 2.90. The van der Waals surface area contributed by atoms with Crippen LogP contribution < -0.4 is 0 Å². The first kappa shape index (κ1) is 11.1. The van der Waals surface area contributed by atoms with E-state index in [0.29, 0.717) is 18.8 Å². The van der Waals surface area contributed by atoms with E-state index in [2.05, 4.69) is 4.98 Å². The Balaban J connectivity index is 2.16. The number of aliphatic hydroxyl groups is 1. The minimum atomic E-state index is -0.387. The Morgan fingerprint density at radius 2 is 2.44 bits per heavy atom. The molecule has 0 bridgehead atoms. The first-order valence-corrected chi connectivity index (χ1v) is 5.57. The number of β-amino-alcohol motifs (C(OH)–C–C–N with tert-alkyl or cyclic N) is 1. The fourth-order valence-corrected chi connectivity index (χ4v) is 2.00. The summed E-state index contributed by atoms with van der Waals surface area (Å²) >= 11 is 0. The lowest BCUT2D eigenvalue weighted by Crippen LogP contribution is -2.42. The molecule has 0 saturated carbocycles. The molecule has 1 aliphatic heterocycles. The van der Waals surface area contributed by atoms with Gasteiger partial charge in [0.1, 0.15) is 5.69 Å². The molecule has 86 valence electrons. The van der Waals surface area contributed by atoms with Gasteiger partial charge < -0.3 is 10.0 Å². The molecular weight excluding hydrogens is 204 g/mol. The van der Waals surface area contributed by atoms with Crippen LogP contribution in [-0.2, 0) is 0 Å². The van der Waals surface area contributed by atoms with E-state index >= 15 is 0 Å². The number of rotatable bonds is 1. The van der Waals surface area contributed by atoms with Crippen molar-refractivity contribution in [3.8, 4) is 0 Å². The summed E-state index contributed by atoms with van der Waals surface area (Å²) in [6.45, 7) is 3.02. The van der Waals surface area contributed by atoms with Crippen molar-refractivity contribution in [2.45, 2.75) is 25.9 Å². The van der Waals surface area contributed by atoms with Crippen LogP contribution in [0.15, 0.2) is 18.3 Å². The summed E-state index contributed by atoms with van der Waals surface area (Å²) in [5.74, 6) is -0.0724. The van der Waals surface area contributed by atoms with E-state index in [4.69, 9.17) is 0 Å². The van der Waals surface area contributed by atoms with Crippen molar-refractivity contribution in [3.63, 3.8) is 0 Å². The number of aromatic nitrogens is 1.